The Labute approximate surface area is 198 Å². The van der Waals surface area contributed by atoms with Crippen LogP contribution in [0.3, 0.4) is 0 Å². The number of carboxylic acids is 1. The first-order valence-corrected chi connectivity index (χ1v) is 12.4. The molecule has 7 nitrogen and oxygen atoms in total. The van der Waals surface area contributed by atoms with Gasteiger partial charge in [0.05, 0.1) is 29.7 Å². The minimum atomic E-state index is -3.80. The molecule has 3 aromatic carbocycles. The first-order valence-electron chi connectivity index (χ1n) is 10.9. The van der Waals surface area contributed by atoms with E-state index >= 15 is 0 Å². The lowest BCUT2D eigenvalue weighted by molar-refractivity contribution is -0.255. The standard InChI is InChI=1S/C26H24N2O5S/c1-33-19-5-2-4-18(14-19)28-34(31,32)20-12-13-24-23(15-20)21-6-3-7-22(21)25(27-24)16-8-10-17(11-9-16)26(29)30/h2-6,8-15,21-22,25,27-28H,7H2,1H3,(H,29,30)/p-1/t21-,22-,25+/m1/s1. The van der Waals surface area contributed by atoms with E-state index in [9.17, 15) is 18.3 Å². The zero-order chi connectivity index (χ0) is 23.9. The second kappa shape index (κ2) is 8.53. The molecule has 3 atom stereocenters. The lowest BCUT2D eigenvalue weighted by Gasteiger charge is -2.37. The molecule has 0 fully saturated rings. The monoisotopic (exact) mass is 475 g/mol. The van der Waals surface area contributed by atoms with E-state index in [4.69, 9.17) is 4.74 Å². The van der Waals surface area contributed by atoms with Crippen LogP contribution in [0.2, 0.25) is 0 Å². The maximum atomic E-state index is 13.1. The van der Waals surface area contributed by atoms with Crippen molar-refractivity contribution in [2.24, 2.45) is 5.92 Å². The Bertz CT molecular complexity index is 1380. The number of rotatable bonds is 6. The van der Waals surface area contributed by atoms with E-state index in [1.165, 1.54) is 7.11 Å². The number of hydrogen-bond acceptors (Lipinski definition) is 6. The van der Waals surface area contributed by atoms with E-state index < -0.39 is 16.0 Å². The van der Waals surface area contributed by atoms with Gasteiger partial charge in [0.25, 0.3) is 10.0 Å². The predicted octanol–water partition coefficient (Wildman–Crippen LogP) is 3.69. The second-order valence-electron chi connectivity index (χ2n) is 8.47. The van der Waals surface area contributed by atoms with Crippen LogP contribution in [0.1, 0.15) is 39.9 Å². The van der Waals surface area contributed by atoms with Crippen LogP contribution in [-0.2, 0) is 10.0 Å². The highest BCUT2D eigenvalue weighted by molar-refractivity contribution is 7.92. The molecule has 0 bridgehead atoms. The fourth-order valence-electron chi connectivity index (χ4n) is 4.80. The van der Waals surface area contributed by atoms with Crippen molar-refractivity contribution in [1.82, 2.24) is 0 Å². The van der Waals surface area contributed by atoms with Crippen molar-refractivity contribution in [2.75, 3.05) is 17.1 Å². The highest BCUT2D eigenvalue weighted by Gasteiger charge is 2.38. The summed E-state index contributed by atoms with van der Waals surface area (Å²) < 4.78 is 34.0. The quantitative estimate of drug-likeness (QED) is 0.527. The smallest absolute Gasteiger partial charge is 0.261 e. The van der Waals surface area contributed by atoms with E-state index in [0.717, 1.165) is 23.2 Å². The zero-order valence-electron chi connectivity index (χ0n) is 18.4. The molecule has 1 aliphatic heterocycles. The highest BCUT2D eigenvalue weighted by Crippen LogP contribution is 2.50. The number of aromatic carboxylic acids is 1. The molecule has 0 radical (unpaired) electrons. The van der Waals surface area contributed by atoms with Crippen molar-refractivity contribution in [3.63, 3.8) is 0 Å². The van der Waals surface area contributed by atoms with Gasteiger partial charge in [-0.2, -0.15) is 0 Å². The number of fused-ring (bicyclic) bond motifs is 3. The van der Waals surface area contributed by atoms with E-state index in [0.29, 0.717) is 11.4 Å². The molecule has 174 valence electrons. The lowest BCUT2D eigenvalue weighted by atomic mass is 9.77. The number of benzene rings is 3. The molecule has 0 unspecified atom stereocenters. The van der Waals surface area contributed by atoms with Gasteiger partial charge in [-0.15, -0.1) is 0 Å². The number of carbonyl (C=O) groups excluding carboxylic acids is 1. The maximum Gasteiger partial charge on any atom is 0.261 e. The number of allylic oxidation sites excluding steroid dienone is 2. The Hall–Kier alpha value is -3.78. The van der Waals surface area contributed by atoms with E-state index in [1.54, 1.807) is 66.7 Å². The van der Waals surface area contributed by atoms with Gasteiger partial charge in [-0.25, -0.2) is 8.42 Å². The molecule has 5 rings (SSSR count). The molecule has 3 aromatic rings. The average Bonchev–Trinajstić information content (AvgIpc) is 3.33. The Morgan fingerprint density at radius 2 is 1.88 bits per heavy atom. The van der Waals surface area contributed by atoms with Gasteiger partial charge < -0.3 is 20.0 Å². The van der Waals surface area contributed by atoms with Gasteiger partial charge >= 0.3 is 0 Å². The fourth-order valence-corrected chi connectivity index (χ4v) is 5.88. The molecule has 8 heteroatoms. The molecule has 0 saturated heterocycles. The number of anilines is 2. The third-order valence-corrected chi connectivity index (χ3v) is 7.85. The normalized spacial score (nSPS) is 20.7. The van der Waals surface area contributed by atoms with Crippen LogP contribution in [-0.4, -0.2) is 21.5 Å². The van der Waals surface area contributed by atoms with Crippen molar-refractivity contribution in [3.05, 3.63) is 95.6 Å². The van der Waals surface area contributed by atoms with Crippen molar-refractivity contribution in [2.45, 2.75) is 23.3 Å². The first-order chi connectivity index (χ1) is 16.4. The molecule has 0 saturated carbocycles. The van der Waals surface area contributed by atoms with Gasteiger partial charge in [0.15, 0.2) is 0 Å². The number of methoxy groups -OCH3 is 1. The molecule has 34 heavy (non-hydrogen) atoms. The summed E-state index contributed by atoms with van der Waals surface area (Å²) in [5.41, 5.74) is 3.33. The first kappa shape index (κ1) is 22.0. The molecule has 0 amide bonds. The van der Waals surface area contributed by atoms with E-state index in [2.05, 4.69) is 22.2 Å². The average molecular weight is 476 g/mol. The van der Waals surface area contributed by atoms with Crippen LogP contribution in [0.15, 0.2) is 83.8 Å². The number of sulfonamides is 1. The maximum absolute atomic E-state index is 13.1. The van der Waals surface area contributed by atoms with Crippen LogP contribution < -0.4 is 19.9 Å². The summed E-state index contributed by atoms with van der Waals surface area (Å²) in [5.74, 6) is -0.405. The summed E-state index contributed by atoms with van der Waals surface area (Å²) in [6, 6.07) is 18.6. The lowest BCUT2D eigenvalue weighted by Crippen LogP contribution is -2.29. The molecule has 0 spiro atoms. The second-order valence-corrected chi connectivity index (χ2v) is 10.2. The number of ether oxygens (including phenoxy) is 1. The van der Waals surface area contributed by atoms with E-state index in [1.807, 2.05) is 0 Å². The van der Waals surface area contributed by atoms with Crippen molar-refractivity contribution < 1.29 is 23.1 Å². The van der Waals surface area contributed by atoms with Crippen LogP contribution in [0, 0.1) is 5.92 Å². The van der Waals surface area contributed by atoms with Gasteiger partial charge in [0.2, 0.25) is 0 Å². The van der Waals surface area contributed by atoms with E-state index in [-0.39, 0.29) is 28.3 Å². The highest BCUT2D eigenvalue weighted by atomic mass is 32.2. The molecule has 1 heterocycles. The molecule has 0 aromatic heterocycles. The van der Waals surface area contributed by atoms with Crippen molar-refractivity contribution >= 4 is 27.4 Å². The fraction of sp³-hybridized carbons (Fsp3) is 0.192. The Morgan fingerprint density at radius 3 is 2.62 bits per heavy atom. The van der Waals surface area contributed by atoms with Crippen LogP contribution in [0.4, 0.5) is 11.4 Å². The van der Waals surface area contributed by atoms with Crippen molar-refractivity contribution in [3.8, 4) is 5.75 Å². The van der Waals surface area contributed by atoms with Crippen molar-refractivity contribution in [1.29, 1.82) is 0 Å². The summed E-state index contributed by atoms with van der Waals surface area (Å²) >= 11 is 0. The topological polar surface area (TPSA) is 108 Å². The zero-order valence-corrected chi connectivity index (χ0v) is 19.2. The minimum Gasteiger partial charge on any atom is -0.545 e. The SMILES string of the molecule is COc1cccc(NS(=O)(=O)c2ccc3c(c2)[C@@H]2C=CC[C@H]2[C@H](c2ccc(C(=O)[O-])cc2)N3)c1. The number of carboxylic acid groups (broad SMARTS) is 1. The van der Waals surface area contributed by atoms with Gasteiger partial charge in [0, 0.05) is 17.7 Å². The van der Waals surface area contributed by atoms with Crippen LogP contribution >= 0.6 is 0 Å². The predicted molar refractivity (Wildman–Crippen MR) is 127 cm³/mol. The number of hydrogen-bond donors (Lipinski definition) is 2. The Balaban J connectivity index is 1.45. The molecule has 2 N–H and O–H groups in total. The van der Waals surface area contributed by atoms with Gasteiger partial charge in [0.1, 0.15) is 5.75 Å². The molecular weight excluding hydrogens is 452 g/mol. The van der Waals surface area contributed by atoms with Crippen LogP contribution in [0.5, 0.6) is 5.75 Å². The summed E-state index contributed by atoms with van der Waals surface area (Å²) in [6.45, 7) is 0. The summed E-state index contributed by atoms with van der Waals surface area (Å²) in [5, 5.41) is 14.6. The summed E-state index contributed by atoms with van der Waals surface area (Å²) in [7, 11) is -2.27. The molecule has 2 aliphatic rings. The van der Waals surface area contributed by atoms with Crippen LogP contribution in [0.25, 0.3) is 0 Å². The molecule has 1 aliphatic carbocycles. The Kier molecular flexibility index (Phi) is 5.53. The van der Waals surface area contributed by atoms with Gasteiger partial charge in [-0.05, 0) is 59.4 Å². The number of carbonyl (C=O) groups is 1. The third-order valence-electron chi connectivity index (χ3n) is 6.47. The van der Waals surface area contributed by atoms with Gasteiger partial charge in [-0.1, -0.05) is 42.5 Å². The number of nitrogens with one attached hydrogen (secondary N) is 2. The summed E-state index contributed by atoms with van der Waals surface area (Å²) in [6.07, 6.45) is 5.08. The minimum absolute atomic E-state index is 0.0272. The third kappa shape index (κ3) is 4.01. The summed E-state index contributed by atoms with van der Waals surface area (Å²) in [4.78, 5) is 11.3. The largest absolute Gasteiger partial charge is 0.545 e. The van der Waals surface area contributed by atoms with Gasteiger partial charge in [-0.3, -0.25) is 4.72 Å². The molecular formula is C26H23N2O5S-. The Morgan fingerprint density at radius 1 is 1.09 bits per heavy atom.